The maximum absolute atomic E-state index is 10.9. The molecule has 2 heterocycles. The van der Waals surface area contributed by atoms with E-state index < -0.39 is 5.91 Å². The molecule has 0 saturated carbocycles. The second-order valence-corrected chi connectivity index (χ2v) is 3.81. The van der Waals surface area contributed by atoms with Gasteiger partial charge in [0.25, 0.3) is 5.91 Å². The van der Waals surface area contributed by atoms with Crippen molar-refractivity contribution in [1.29, 1.82) is 0 Å². The summed E-state index contributed by atoms with van der Waals surface area (Å²) in [6.07, 6.45) is 2.98. The lowest BCUT2D eigenvalue weighted by Crippen LogP contribution is -2.12. The van der Waals surface area contributed by atoms with Crippen LogP contribution in [0.2, 0.25) is 10.0 Å². The van der Waals surface area contributed by atoms with Gasteiger partial charge in [-0.2, -0.15) is 5.10 Å². The maximum atomic E-state index is 10.9. The predicted molar refractivity (Wildman–Crippen MR) is 59.9 cm³/mol. The fourth-order valence-corrected chi connectivity index (χ4v) is 1.62. The number of hydrogen-bond donors (Lipinski definition) is 1. The number of hydrogen-bond acceptors (Lipinski definition) is 3. The van der Waals surface area contributed by atoms with Crippen LogP contribution in [0.5, 0.6) is 0 Å². The van der Waals surface area contributed by atoms with Gasteiger partial charge < -0.3 is 5.73 Å². The fourth-order valence-electron chi connectivity index (χ4n) is 1.15. The number of nitrogens with zero attached hydrogens (tertiary/aromatic N) is 3. The molecule has 0 aromatic carbocycles. The van der Waals surface area contributed by atoms with Gasteiger partial charge in [-0.15, -0.1) is 0 Å². The normalized spacial score (nSPS) is 10.4. The first kappa shape index (κ1) is 10.9. The molecular weight excluding hydrogens is 251 g/mol. The van der Waals surface area contributed by atoms with Gasteiger partial charge in [-0.3, -0.25) is 4.79 Å². The number of rotatable bonds is 2. The summed E-state index contributed by atoms with van der Waals surface area (Å²) in [5, 5.41) is 4.69. The van der Waals surface area contributed by atoms with Crippen LogP contribution in [0.4, 0.5) is 0 Å². The Bertz CT molecular complexity index is 552. The minimum absolute atomic E-state index is 0.146. The lowest BCUT2D eigenvalue weighted by Gasteiger charge is -2.02. The summed E-state index contributed by atoms with van der Waals surface area (Å²) in [5.41, 5.74) is 5.22. The molecule has 0 aliphatic carbocycles. The van der Waals surface area contributed by atoms with E-state index >= 15 is 0 Å². The molecule has 0 bridgehead atoms. The highest BCUT2D eigenvalue weighted by molar-refractivity contribution is 6.35. The highest BCUT2D eigenvalue weighted by atomic mass is 35.5. The van der Waals surface area contributed by atoms with E-state index in [1.54, 1.807) is 6.20 Å². The monoisotopic (exact) mass is 256 g/mol. The molecule has 2 aromatic heterocycles. The average Bonchev–Trinajstić information content (AvgIpc) is 2.66. The Morgan fingerprint density at radius 1 is 1.44 bits per heavy atom. The zero-order valence-electron chi connectivity index (χ0n) is 7.89. The Balaban J connectivity index is 2.46. The van der Waals surface area contributed by atoms with Crippen LogP contribution in [0.15, 0.2) is 24.5 Å². The van der Waals surface area contributed by atoms with E-state index in [1.807, 2.05) is 0 Å². The van der Waals surface area contributed by atoms with E-state index in [4.69, 9.17) is 28.9 Å². The van der Waals surface area contributed by atoms with Gasteiger partial charge in [0.1, 0.15) is 5.69 Å². The summed E-state index contributed by atoms with van der Waals surface area (Å²) in [4.78, 5) is 14.9. The van der Waals surface area contributed by atoms with Crippen molar-refractivity contribution in [1.82, 2.24) is 14.8 Å². The Hall–Kier alpha value is -1.59. The highest BCUT2D eigenvalue weighted by Crippen LogP contribution is 2.21. The molecular formula is C9H6Cl2N4O. The molecule has 2 aromatic rings. The van der Waals surface area contributed by atoms with E-state index in [0.29, 0.717) is 15.9 Å². The summed E-state index contributed by atoms with van der Waals surface area (Å²) < 4.78 is 1.36. The van der Waals surface area contributed by atoms with Gasteiger partial charge in [0, 0.05) is 12.4 Å². The van der Waals surface area contributed by atoms with E-state index in [0.717, 1.165) is 0 Å². The molecule has 7 heteroatoms. The first-order valence-electron chi connectivity index (χ1n) is 4.25. The molecule has 0 unspecified atom stereocenters. The number of primary amides is 1. The lowest BCUT2D eigenvalue weighted by molar-refractivity contribution is 0.0995. The average molecular weight is 257 g/mol. The number of carbonyl (C=O) groups is 1. The van der Waals surface area contributed by atoms with Gasteiger partial charge in [-0.25, -0.2) is 9.67 Å². The molecule has 2 N–H and O–H groups in total. The summed E-state index contributed by atoms with van der Waals surface area (Å²) in [6, 6.07) is 3.02. The Labute approximate surface area is 101 Å². The minimum Gasteiger partial charge on any atom is -0.364 e. The van der Waals surface area contributed by atoms with Crippen LogP contribution in [0.1, 0.15) is 10.5 Å². The van der Waals surface area contributed by atoms with Gasteiger partial charge in [0.2, 0.25) is 0 Å². The number of carbonyl (C=O) groups excluding carboxylic acids is 1. The number of halogens is 2. The van der Waals surface area contributed by atoms with Gasteiger partial charge in [0.05, 0.1) is 10.0 Å². The van der Waals surface area contributed by atoms with Crippen LogP contribution < -0.4 is 5.73 Å². The van der Waals surface area contributed by atoms with Gasteiger partial charge >= 0.3 is 0 Å². The van der Waals surface area contributed by atoms with Crippen LogP contribution >= 0.6 is 23.2 Å². The molecule has 0 aliphatic rings. The molecule has 0 atom stereocenters. The number of amides is 1. The zero-order chi connectivity index (χ0) is 11.7. The molecule has 16 heavy (non-hydrogen) atoms. The highest BCUT2D eigenvalue weighted by Gasteiger charge is 2.09. The van der Waals surface area contributed by atoms with Crippen molar-refractivity contribution in [3.05, 3.63) is 40.3 Å². The first-order chi connectivity index (χ1) is 7.58. The Morgan fingerprint density at radius 3 is 2.75 bits per heavy atom. The van der Waals surface area contributed by atoms with E-state index in [2.05, 4.69) is 10.1 Å². The molecule has 82 valence electrons. The fraction of sp³-hybridized carbons (Fsp3) is 0. The summed E-state index contributed by atoms with van der Waals surface area (Å²) in [5.74, 6) is -0.220. The van der Waals surface area contributed by atoms with Gasteiger partial charge in [-0.1, -0.05) is 23.2 Å². The Kier molecular flexibility index (Phi) is 2.80. The molecule has 0 radical (unpaired) electrons. The largest absolute Gasteiger partial charge is 0.364 e. The SMILES string of the molecule is NC(=O)c1ccn(-c2ncc(Cl)cc2Cl)n1. The second-order valence-electron chi connectivity index (χ2n) is 2.97. The van der Waals surface area contributed by atoms with Gasteiger partial charge in [0.15, 0.2) is 5.82 Å². The lowest BCUT2D eigenvalue weighted by atomic mass is 10.4. The molecule has 2 rings (SSSR count). The quantitative estimate of drug-likeness (QED) is 0.889. The Morgan fingerprint density at radius 2 is 2.19 bits per heavy atom. The van der Waals surface area contributed by atoms with Crippen molar-refractivity contribution in [3.8, 4) is 5.82 Å². The maximum Gasteiger partial charge on any atom is 0.269 e. The van der Waals surface area contributed by atoms with Crippen molar-refractivity contribution in [2.45, 2.75) is 0 Å². The number of pyridine rings is 1. The van der Waals surface area contributed by atoms with Crippen molar-refractivity contribution in [2.24, 2.45) is 5.73 Å². The van der Waals surface area contributed by atoms with Crippen LogP contribution in [-0.2, 0) is 0 Å². The topological polar surface area (TPSA) is 73.8 Å². The summed E-state index contributed by atoms with van der Waals surface area (Å²) in [6.45, 7) is 0. The van der Waals surface area contributed by atoms with Crippen LogP contribution in [0.25, 0.3) is 5.82 Å². The van der Waals surface area contributed by atoms with Crippen molar-refractivity contribution in [3.63, 3.8) is 0 Å². The summed E-state index contributed by atoms with van der Waals surface area (Å²) in [7, 11) is 0. The van der Waals surface area contributed by atoms with E-state index in [-0.39, 0.29) is 5.69 Å². The van der Waals surface area contributed by atoms with Crippen molar-refractivity contribution >= 4 is 29.1 Å². The standard InChI is InChI=1S/C9H6Cl2N4O/c10-5-3-6(11)9(13-4-5)15-2-1-7(14-15)8(12)16/h1-4H,(H2,12,16). The van der Waals surface area contributed by atoms with Crippen LogP contribution in [0.3, 0.4) is 0 Å². The van der Waals surface area contributed by atoms with Crippen molar-refractivity contribution in [2.75, 3.05) is 0 Å². The van der Waals surface area contributed by atoms with E-state index in [9.17, 15) is 4.79 Å². The molecule has 0 fully saturated rings. The zero-order valence-corrected chi connectivity index (χ0v) is 9.40. The first-order valence-corrected chi connectivity index (χ1v) is 5.00. The minimum atomic E-state index is -0.608. The number of nitrogens with two attached hydrogens (primary N) is 1. The van der Waals surface area contributed by atoms with E-state index in [1.165, 1.54) is 23.0 Å². The summed E-state index contributed by atoms with van der Waals surface area (Å²) >= 11 is 11.6. The molecule has 0 saturated heterocycles. The number of aromatic nitrogens is 3. The van der Waals surface area contributed by atoms with Crippen molar-refractivity contribution < 1.29 is 4.79 Å². The third-order valence-electron chi connectivity index (χ3n) is 1.85. The molecule has 0 spiro atoms. The molecule has 0 aliphatic heterocycles. The third-order valence-corrected chi connectivity index (χ3v) is 2.33. The van der Waals surface area contributed by atoms with Crippen LogP contribution in [-0.4, -0.2) is 20.7 Å². The molecule has 1 amide bonds. The van der Waals surface area contributed by atoms with Gasteiger partial charge in [-0.05, 0) is 12.1 Å². The third kappa shape index (κ3) is 2.00. The molecule has 5 nitrogen and oxygen atoms in total. The smallest absolute Gasteiger partial charge is 0.269 e. The van der Waals surface area contributed by atoms with Crippen LogP contribution in [0, 0.1) is 0 Å². The second kappa shape index (κ2) is 4.11. The predicted octanol–water partition coefficient (Wildman–Crippen LogP) is 1.67.